The van der Waals surface area contributed by atoms with E-state index in [1.807, 2.05) is 32.0 Å². The third-order valence-electron chi connectivity index (χ3n) is 4.14. The zero-order valence-electron chi connectivity index (χ0n) is 13.6. The molecule has 0 fully saturated rings. The van der Waals surface area contributed by atoms with Gasteiger partial charge in [-0.2, -0.15) is 0 Å². The Morgan fingerprint density at radius 2 is 2.13 bits per heavy atom. The van der Waals surface area contributed by atoms with Crippen molar-refractivity contribution in [2.75, 3.05) is 0 Å². The predicted molar refractivity (Wildman–Crippen MR) is 85.3 cm³/mol. The third-order valence-corrected chi connectivity index (χ3v) is 4.14. The van der Waals surface area contributed by atoms with Crippen molar-refractivity contribution in [1.29, 1.82) is 0 Å². The maximum atomic E-state index is 12.4. The number of ketones is 1. The molecule has 0 radical (unpaired) electrons. The van der Waals surface area contributed by atoms with E-state index in [2.05, 4.69) is 10.3 Å². The lowest BCUT2D eigenvalue weighted by Gasteiger charge is -2.27. The Labute approximate surface area is 135 Å². The Morgan fingerprint density at radius 1 is 1.35 bits per heavy atom. The van der Waals surface area contributed by atoms with Crippen molar-refractivity contribution in [3.8, 4) is 0 Å². The van der Waals surface area contributed by atoms with Crippen molar-refractivity contribution in [1.82, 2.24) is 10.3 Å². The fourth-order valence-corrected chi connectivity index (χ4v) is 3.05. The largest absolute Gasteiger partial charge is 0.455 e. The number of Topliss-reactive ketones (excluding diaryl/α,β-unsaturated/α-hetero) is 1. The van der Waals surface area contributed by atoms with Crippen molar-refractivity contribution in [2.24, 2.45) is 5.41 Å². The SMILES string of the molecule is Cc1c(C(=O)NCc2ccccn2)oc2c1C(=O)CC(C)(C)C2. The normalized spacial score (nSPS) is 16.0. The molecule has 0 spiro atoms. The number of amides is 1. The summed E-state index contributed by atoms with van der Waals surface area (Å²) in [5.41, 5.74) is 1.87. The molecule has 0 bridgehead atoms. The smallest absolute Gasteiger partial charge is 0.287 e. The summed E-state index contributed by atoms with van der Waals surface area (Å²) in [4.78, 5) is 28.9. The zero-order valence-corrected chi connectivity index (χ0v) is 13.6. The average molecular weight is 312 g/mol. The molecule has 1 aliphatic rings. The van der Waals surface area contributed by atoms with Crippen LogP contribution in [-0.4, -0.2) is 16.7 Å². The average Bonchev–Trinajstić information content (AvgIpc) is 2.81. The van der Waals surface area contributed by atoms with Crippen molar-refractivity contribution < 1.29 is 14.0 Å². The second-order valence-electron chi connectivity index (χ2n) is 6.80. The molecule has 0 aliphatic heterocycles. The summed E-state index contributed by atoms with van der Waals surface area (Å²) in [6.45, 7) is 6.16. The zero-order chi connectivity index (χ0) is 16.6. The Morgan fingerprint density at radius 3 is 2.83 bits per heavy atom. The lowest BCUT2D eigenvalue weighted by Crippen LogP contribution is -2.26. The van der Waals surface area contributed by atoms with Gasteiger partial charge in [-0.25, -0.2) is 0 Å². The number of pyridine rings is 1. The van der Waals surface area contributed by atoms with Gasteiger partial charge >= 0.3 is 0 Å². The molecule has 5 nitrogen and oxygen atoms in total. The molecule has 2 aromatic heterocycles. The molecule has 0 unspecified atom stereocenters. The summed E-state index contributed by atoms with van der Waals surface area (Å²) in [6, 6.07) is 5.53. The van der Waals surface area contributed by atoms with E-state index < -0.39 is 0 Å². The quantitative estimate of drug-likeness (QED) is 0.945. The number of rotatable bonds is 3. The van der Waals surface area contributed by atoms with Crippen LogP contribution in [0.3, 0.4) is 0 Å². The highest BCUT2D eigenvalue weighted by atomic mass is 16.4. The molecule has 23 heavy (non-hydrogen) atoms. The molecule has 0 saturated carbocycles. The van der Waals surface area contributed by atoms with Crippen LogP contribution < -0.4 is 5.32 Å². The number of nitrogens with one attached hydrogen (secondary N) is 1. The van der Waals surface area contributed by atoms with E-state index in [4.69, 9.17) is 4.42 Å². The summed E-state index contributed by atoms with van der Waals surface area (Å²) >= 11 is 0. The molecule has 120 valence electrons. The lowest BCUT2D eigenvalue weighted by molar-refractivity contribution is 0.0888. The van der Waals surface area contributed by atoms with Crippen LogP contribution >= 0.6 is 0 Å². The highest BCUT2D eigenvalue weighted by Gasteiger charge is 2.36. The number of carbonyl (C=O) groups excluding carboxylic acids is 2. The van der Waals surface area contributed by atoms with Gasteiger partial charge in [0.25, 0.3) is 5.91 Å². The molecule has 1 aliphatic carbocycles. The molecular formula is C18H20N2O3. The van der Waals surface area contributed by atoms with Gasteiger partial charge in [0.15, 0.2) is 11.5 Å². The highest BCUT2D eigenvalue weighted by Crippen LogP contribution is 2.38. The molecule has 0 aromatic carbocycles. The maximum absolute atomic E-state index is 12.4. The van der Waals surface area contributed by atoms with E-state index in [1.165, 1.54) is 0 Å². The van der Waals surface area contributed by atoms with E-state index in [9.17, 15) is 9.59 Å². The summed E-state index contributed by atoms with van der Waals surface area (Å²) in [6.07, 6.45) is 2.83. The van der Waals surface area contributed by atoms with Crippen LogP contribution in [0, 0.1) is 12.3 Å². The number of fused-ring (bicyclic) bond motifs is 1. The number of carbonyl (C=O) groups is 2. The number of hydrogen-bond donors (Lipinski definition) is 1. The molecule has 1 amide bonds. The van der Waals surface area contributed by atoms with Gasteiger partial charge in [0.1, 0.15) is 5.76 Å². The van der Waals surface area contributed by atoms with Crippen LogP contribution in [0.15, 0.2) is 28.8 Å². The first-order valence-corrected chi connectivity index (χ1v) is 7.71. The van der Waals surface area contributed by atoms with Crippen molar-refractivity contribution in [2.45, 2.75) is 40.2 Å². The van der Waals surface area contributed by atoms with Gasteiger partial charge in [-0.05, 0) is 24.5 Å². The number of aromatic nitrogens is 1. The molecule has 1 N–H and O–H groups in total. The number of furan rings is 1. The Kier molecular flexibility index (Phi) is 3.80. The van der Waals surface area contributed by atoms with Crippen LogP contribution in [0.1, 0.15) is 58.2 Å². The second kappa shape index (κ2) is 5.65. The Bertz CT molecular complexity index is 760. The van der Waals surface area contributed by atoms with Gasteiger partial charge in [0.05, 0.1) is 17.8 Å². The van der Waals surface area contributed by atoms with Crippen LogP contribution in [0.2, 0.25) is 0 Å². The van der Waals surface area contributed by atoms with Gasteiger partial charge in [-0.15, -0.1) is 0 Å². The van der Waals surface area contributed by atoms with Crippen LogP contribution in [-0.2, 0) is 13.0 Å². The van der Waals surface area contributed by atoms with Crippen molar-refractivity contribution in [3.05, 3.63) is 52.7 Å². The monoisotopic (exact) mass is 312 g/mol. The van der Waals surface area contributed by atoms with E-state index in [0.717, 1.165) is 5.69 Å². The molecule has 2 heterocycles. The first-order chi connectivity index (χ1) is 10.9. The molecule has 0 atom stereocenters. The van der Waals surface area contributed by atoms with Crippen molar-refractivity contribution >= 4 is 11.7 Å². The van der Waals surface area contributed by atoms with E-state index in [0.29, 0.717) is 36.3 Å². The Balaban J connectivity index is 1.81. The summed E-state index contributed by atoms with van der Waals surface area (Å²) in [5, 5.41) is 2.79. The molecule has 0 saturated heterocycles. The van der Waals surface area contributed by atoms with E-state index in [-0.39, 0.29) is 22.9 Å². The third kappa shape index (κ3) is 3.04. The maximum Gasteiger partial charge on any atom is 0.287 e. The van der Waals surface area contributed by atoms with Crippen LogP contribution in [0.4, 0.5) is 0 Å². The highest BCUT2D eigenvalue weighted by molar-refractivity contribution is 6.03. The summed E-state index contributed by atoms with van der Waals surface area (Å²) in [7, 11) is 0. The molecule has 2 aromatic rings. The molecule has 5 heteroatoms. The van der Waals surface area contributed by atoms with Gasteiger partial charge in [-0.1, -0.05) is 19.9 Å². The van der Waals surface area contributed by atoms with E-state index in [1.54, 1.807) is 13.1 Å². The lowest BCUT2D eigenvalue weighted by atomic mass is 9.76. The topological polar surface area (TPSA) is 72.2 Å². The van der Waals surface area contributed by atoms with E-state index >= 15 is 0 Å². The van der Waals surface area contributed by atoms with Gasteiger partial charge in [0, 0.05) is 24.6 Å². The standard InChI is InChI=1S/C18H20N2O3/c1-11-15-13(21)8-18(2,3)9-14(15)23-16(11)17(22)20-10-12-6-4-5-7-19-12/h4-7H,8-10H2,1-3H3,(H,20,22). The van der Waals surface area contributed by atoms with Gasteiger partial charge in [0.2, 0.25) is 0 Å². The number of nitrogens with zero attached hydrogens (tertiary/aromatic N) is 1. The molecular weight excluding hydrogens is 292 g/mol. The first-order valence-electron chi connectivity index (χ1n) is 7.71. The Hall–Kier alpha value is -2.43. The molecule has 3 rings (SSSR count). The van der Waals surface area contributed by atoms with Gasteiger partial charge in [-0.3, -0.25) is 14.6 Å². The minimum Gasteiger partial charge on any atom is -0.455 e. The van der Waals surface area contributed by atoms with Crippen molar-refractivity contribution in [3.63, 3.8) is 0 Å². The first kappa shape index (κ1) is 15.5. The van der Waals surface area contributed by atoms with Crippen LogP contribution in [0.5, 0.6) is 0 Å². The predicted octanol–water partition coefficient (Wildman–Crippen LogP) is 3.07. The minimum absolute atomic E-state index is 0.0567. The second-order valence-corrected chi connectivity index (χ2v) is 6.80. The summed E-state index contributed by atoms with van der Waals surface area (Å²) < 4.78 is 5.74. The van der Waals surface area contributed by atoms with Gasteiger partial charge < -0.3 is 9.73 Å². The minimum atomic E-state index is -0.312. The summed E-state index contributed by atoms with van der Waals surface area (Å²) in [5.74, 6) is 0.609. The fraction of sp³-hybridized carbons (Fsp3) is 0.389. The number of hydrogen-bond acceptors (Lipinski definition) is 4. The fourth-order valence-electron chi connectivity index (χ4n) is 3.05. The van der Waals surface area contributed by atoms with Crippen LogP contribution in [0.25, 0.3) is 0 Å².